The molecule has 2 amide bonds. The normalized spacial score (nSPS) is 12.2. The van der Waals surface area contributed by atoms with Crippen LogP contribution in [0.5, 0.6) is 0 Å². The van der Waals surface area contributed by atoms with Crippen LogP contribution in [0.2, 0.25) is 0 Å². The van der Waals surface area contributed by atoms with E-state index in [2.05, 4.69) is 5.32 Å². The van der Waals surface area contributed by atoms with Gasteiger partial charge in [0.15, 0.2) is 0 Å². The number of aryl methyl sites for hydroxylation is 1. The minimum absolute atomic E-state index is 0.134. The summed E-state index contributed by atoms with van der Waals surface area (Å²) in [6, 6.07) is 15.4. The molecule has 0 fully saturated rings. The Morgan fingerprint density at radius 3 is 2.44 bits per heavy atom. The summed E-state index contributed by atoms with van der Waals surface area (Å²) >= 11 is 0. The molecule has 120 valence electrons. The lowest BCUT2D eigenvalue weighted by molar-refractivity contribution is 0.0926. The van der Waals surface area contributed by atoms with E-state index in [0.29, 0.717) is 11.4 Å². The molecule has 0 bridgehead atoms. The van der Waals surface area contributed by atoms with E-state index < -0.39 is 11.8 Å². The van der Waals surface area contributed by atoms with Gasteiger partial charge in [0.05, 0.1) is 22.5 Å². The number of amides is 2. The average Bonchev–Trinajstić information content (AvgIpc) is 2.88. The first-order valence-corrected chi connectivity index (χ1v) is 7.42. The van der Waals surface area contributed by atoms with Crippen molar-refractivity contribution >= 4 is 23.2 Å². The summed E-state index contributed by atoms with van der Waals surface area (Å²) in [6.07, 6.45) is 1.21. The van der Waals surface area contributed by atoms with Crippen LogP contribution in [0.4, 0.5) is 11.4 Å². The first kappa shape index (κ1) is 16.0. The van der Waals surface area contributed by atoms with Crippen LogP contribution in [-0.4, -0.2) is 11.8 Å². The summed E-state index contributed by atoms with van der Waals surface area (Å²) in [5.41, 5.74) is 2.08. The molecule has 0 unspecified atom stereocenters. The van der Waals surface area contributed by atoms with Gasteiger partial charge in [-0.05, 0) is 30.7 Å². The molecule has 1 aliphatic heterocycles. The van der Waals surface area contributed by atoms with Gasteiger partial charge in [-0.3, -0.25) is 9.59 Å². The standard InChI is InChI=1S/C19H12N4O2/c1-12-5-2-3-8-16(12)23-18(24)14-6-4-7-15(17(14)19(23)25)22-11-13(9-20)10-21/h2-8,11,22H,1H3. The molecule has 0 aliphatic carbocycles. The zero-order valence-corrected chi connectivity index (χ0v) is 13.3. The van der Waals surface area contributed by atoms with Crippen LogP contribution < -0.4 is 10.2 Å². The minimum Gasteiger partial charge on any atom is -0.359 e. The van der Waals surface area contributed by atoms with E-state index in [0.717, 1.165) is 10.5 Å². The van der Waals surface area contributed by atoms with Gasteiger partial charge in [0.2, 0.25) is 0 Å². The Hall–Kier alpha value is -3.90. The molecule has 2 aromatic rings. The van der Waals surface area contributed by atoms with Crippen molar-refractivity contribution < 1.29 is 9.59 Å². The summed E-state index contributed by atoms with van der Waals surface area (Å²) in [6.45, 7) is 1.83. The lowest BCUT2D eigenvalue weighted by Gasteiger charge is -2.16. The van der Waals surface area contributed by atoms with Gasteiger partial charge in [-0.1, -0.05) is 24.3 Å². The van der Waals surface area contributed by atoms with Crippen LogP contribution in [0.3, 0.4) is 0 Å². The third kappa shape index (κ3) is 2.62. The van der Waals surface area contributed by atoms with Crippen LogP contribution in [0.1, 0.15) is 26.3 Å². The highest BCUT2D eigenvalue weighted by atomic mass is 16.2. The van der Waals surface area contributed by atoms with Crippen molar-refractivity contribution in [3.05, 3.63) is 70.9 Å². The molecular formula is C19H12N4O2. The molecule has 0 aromatic heterocycles. The molecule has 0 saturated carbocycles. The van der Waals surface area contributed by atoms with Gasteiger partial charge in [-0.25, -0.2) is 4.90 Å². The largest absolute Gasteiger partial charge is 0.359 e. The van der Waals surface area contributed by atoms with Crippen molar-refractivity contribution in [2.45, 2.75) is 6.92 Å². The monoisotopic (exact) mass is 328 g/mol. The predicted molar refractivity (Wildman–Crippen MR) is 91.7 cm³/mol. The molecule has 1 aliphatic rings. The molecule has 0 saturated heterocycles. The molecule has 25 heavy (non-hydrogen) atoms. The van der Waals surface area contributed by atoms with Crippen molar-refractivity contribution in [1.82, 2.24) is 0 Å². The van der Waals surface area contributed by atoms with Crippen molar-refractivity contribution in [1.29, 1.82) is 10.5 Å². The van der Waals surface area contributed by atoms with Crippen LogP contribution in [0, 0.1) is 29.6 Å². The molecule has 0 spiro atoms. The Kier molecular flexibility index (Phi) is 4.03. The number of nitriles is 2. The van der Waals surface area contributed by atoms with Gasteiger partial charge in [0.25, 0.3) is 11.8 Å². The zero-order chi connectivity index (χ0) is 18.0. The molecule has 1 heterocycles. The molecule has 2 aromatic carbocycles. The van der Waals surface area contributed by atoms with Gasteiger partial charge in [-0.2, -0.15) is 10.5 Å². The van der Waals surface area contributed by atoms with Gasteiger partial charge < -0.3 is 5.32 Å². The molecular weight excluding hydrogens is 316 g/mol. The third-order valence-corrected chi connectivity index (χ3v) is 3.88. The summed E-state index contributed by atoms with van der Waals surface area (Å²) in [7, 11) is 0. The zero-order valence-electron chi connectivity index (χ0n) is 13.3. The number of para-hydroxylation sites is 1. The fraction of sp³-hybridized carbons (Fsp3) is 0.0526. The number of allylic oxidation sites excluding steroid dienone is 1. The maximum Gasteiger partial charge on any atom is 0.268 e. The minimum atomic E-state index is -0.443. The van der Waals surface area contributed by atoms with Crippen molar-refractivity contribution in [3.63, 3.8) is 0 Å². The maximum absolute atomic E-state index is 12.9. The molecule has 0 atom stereocenters. The smallest absolute Gasteiger partial charge is 0.268 e. The van der Waals surface area contributed by atoms with E-state index in [1.54, 1.807) is 42.5 Å². The number of fused-ring (bicyclic) bond motifs is 1. The molecule has 6 nitrogen and oxygen atoms in total. The number of hydrogen-bond acceptors (Lipinski definition) is 5. The SMILES string of the molecule is Cc1ccccc1N1C(=O)c2cccc(NC=C(C#N)C#N)c2C1=O. The van der Waals surface area contributed by atoms with Gasteiger partial charge in [0.1, 0.15) is 17.7 Å². The van der Waals surface area contributed by atoms with Crippen LogP contribution in [0.15, 0.2) is 54.2 Å². The first-order chi connectivity index (χ1) is 12.1. The number of benzene rings is 2. The number of carbonyl (C=O) groups is 2. The summed E-state index contributed by atoms with van der Waals surface area (Å²) in [5.74, 6) is -0.844. The van der Waals surface area contributed by atoms with E-state index in [1.807, 2.05) is 19.1 Å². The number of nitrogens with zero attached hydrogens (tertiary/aromatic N) is 3. The summed E-state index contributed by atoms with van der Waals surface area (Å²) in [5, 5.41) is 20.4. The Labute approximate surface area is 144 Å². The summed E-state index contributed by atoms with van der Waals surface area (Å²) < 4.78 is 0. The predicted octanol–water partition coefficient (Wildman–Crippen LogP) is 3.14. The second-order valence-corrected chi connectivity index (χ2v) is 5.39. The van der Waals surface area contributed by atoms with E-state index in [9.17, 15) is 9.59 Å². The number of rotatable bonds is 3. The second-order valence-electron chi connectivity index (χ2n) is 5.39. The lowest BCUT2D eigenvalue weighted by atomic mass is 10.1. The van der Waals surface area contributed by atoms with E-state index in [4.69, 9.17) is 10.5 Å². The quantitative estimate of drug-likeness (QED) is 0.689. The van der Waals surface area contributed by atoms with Crippen molar-refractivity contribution in [2.24, 2.45) is 0 Å². The second kappa shape index (κ2) is 6.31. The Morgan fingerprint density at radius 1 is 1.04 bits per heavy atom. The molecule has 6 heteroatoms. The molecule has 1 N–H and O–H groups in total. The number of nitrogens with one attached hydrogen (secondary N) is 1. The third-order valence-electron chi connectivity index (χ3n) is 3.88. The van der Waals surface area contributed by atoms with E-state index >= 15 is 0 Å². The van der Waals surface area contributed by atoms with Gasteiger partial charge in [0, 0.05) is 6.20 Å². The highest BCUT2D eigenvalue weighted by Gasteiger charge is 2.38. The topological polar surface area (TPSA) is 97.0 Å². The lowest BCUT2D eigenvalue weighted by Crippen LogP contribution is -2.30. The fourth-order valence-corrected chi connectivity index (χ4v) is 2.68. The van der Waals surface area contributed by atoms with Gasteiger partial charge >= 0.3 is 0 Å². The molecule has 3 rings (SSSR count). The van der Waals surface area contributed by atoms with Crippen molar-refractivity contribution in [3.8, 4) is 12.1 Å². The summed E-state index contributed by atoms with van der Waals surface area (Å²) in [4.78, 5) is 26.7. The van der Waals surface area contributed by atoms with Gasteiger partial charge in [-0.15, -0.1) is 0 Å². The Bertz CT molecular complexity index is 993. The van der Waals surface area contributed by atoms with Crippen molar-refractivity contribution in [2.75, 3.05) is 10.2 Å². The number of anilines is 2. The first-order valence-electron chi connectivity index (χ1n) is 7.42. The highest BCUT2D eigenvalue weighted by molar-refractivity contribution is 6.36. The number of carbonyl (C=O) groups excluding carboxylic acids is 2. The fourth-order valence-electron chi connectivity index (χ4n) is 2.68. The van der Waals surface area contributed by atoms with E-state index in [-0.39, 0.29) is 16.7 Å². The Morgan fingerprint density at radius 2 is 1.76 bits per heavy atom. The average molecular weight is 328 g/mol. The maximum atomic E-state index is 12.9. The molecule has 0 radical (unpaired) electrons. The van der Waals surface area contributed by atoms with E-state index in [1.165, 1.54) is 6.20 Å². The van der Waals surface area contributed by atoms with Crippen LogP contribution in [0.25, 0.3) is 0 Å². The Balaban J connectivity index is 2.06. The highest BCUT2D eigenvalue weighted by Crippen LogP contribution is 2.34. The van der Waals surface area contributed by atoms with Crippen LogP contribution in [-0.2, 0) is 0 Å². The number of imide groups is 1. The van der Waals surface area contributed by atoms with Crippen LogP contribution >= 0.6 is 0 Å². The number of hydrogen-bond donors (Lipinski definition) is 1.